The standard InChI is InChI=1S/C9H11Cl2N3O/c1-6-5-15-3-2-14(6)7-4-12-9(11)13-8(7)10/h4,6H,2-3,5H2,1H3. The van der Waals surface area contributed by atoms with E-state index in [-0.39, 0.29) is 11.3 Å². The zero-order chi connectivity index (χ0) is 10.8. The Morgan fingerprint density at radius 1 is 1.53 bits per heavy atom. The number of ether oxygens (including phenoxy) is 1. The van der Waals surface area contributed by atoms with Gasteiger partial charge in [0.25, 0.3) is 0 Å². The summed E-state index contributed by atoms with van der Waals surface area (Å²) in [5.41, 5.74) is 0.817. The predicted octanol–water partition coefficient (Wildman–Crippen LogP) is 2.01. The maximum atomic E-state index is 6.01. The SMILES string of the molecule is CC1COCCN1c1cnc(Cl)nc1Cl. The van der Waals surface area contributed by atoms with E-state index >= 15 is 0 Å². The molecule has 1 unspecified atom stereocenters. The highest BCUT2D eigenvalue weighted by atomic mass is 35.5. The number of nitrogens with zero attached hydrogens (tertiary/aromatic N) is 3. The van der Waals surface area contributed by atoms with Gasteiger partial charge in [0.1, 0.15) is 0 Å². The second kappa shape index (κ2) is 4.51. The van der Waals surface area contributed by atoms with Gasteiger partial charge in [-0.25, -0.2) is 9.97 Å². The van der Waals surface area contributed by atoms with Crippen LogP contribution in [0.4, 0.5) is 5.69 Å². The van der Waals surface area contributed by atoms with Gasteiger partial charge in [-0.2, -0.15) is 0 Å². The quantitative estimate of drug-likeness (QED) is 0.562. The first-order valence-electron chi connectivity index (χ1n) is 4.71. The Hall–Kier alpha value is -0.580. The second-order valence-electron chi connectivity index (χ2n) is 3.43. The monoisotopic (exact) mass is 247 g/mol. The summed E-state index contributed by atoms with van der Waals surface area (Å²) in [4.78, 5) is 9.98. The molecular formula is C9H11Cl2N3O. The molecule has 0 aliphatic carbocycles. The zero-order valence-electron chi connectivity index (χ0n) is 8.28. The van der Waals surface area contributed by atoms with E-state index in [4.69, 9.17) is 27.9 Å². The van der Waals surface area contributed by atoms with Crippen molar-refractivity contribution in [3.05, 3.63) is 16.6 Å². The van der Waals surface area contributed by atoms with E-state index in [1.165, 1.54) is 0 Å². The number of hydrogen-bond donors (Lipinski definition) is 0. The van der Waals surface area contributed by atoms with Crippen molar-refractivity contribution in [1.82, 2.24) is 9.97 Å². The normalized spacial score (nSPS) is 21.8. The van der Waals surface area contributed by atoms with E-state index in [2.05, 4.69) is 21.8 Å². The topological polar surface area (TPSA) is 38.2 Å². The van der Waals surface area contributed by atoms with Crippen LogP contribution >= 0.6 is 23.2 Å². The summed E-state index contributed by atoms with van der Waals surface area (Å²) in [5, 5.41) is 0.563. The number of halogens is 2. The van der Waals surface area contributed by atoms with Gasteiger partial charge < -0.3 is 9.64 Å². The molecule has 1 aliphatic heterocycles. The predicted molar refractivity (Wildman–Crippen MR) is 59.7 cm³/mol. The number of anilines is 1. The van der Waals surface area contributed by atoms with E-state index in [1.807, 2.05) is 0 Å². The van der Waals surface area contributed by atoms with Gasteiger partial charge in [0, 0.05) is 12.6 Å². The molecule has 4 nitrogen and oxygen atoms in total. The number of morpholine rings is 1. The van der Waals surface area contributed by atoms with Crippen molar-refractivity contribution in [1.29, 1.82) is 0 Å². The van der Waals surface area contributed by atoms with Crippen molar-refractivity contribution < 1.29 is 4.74 Å². The summed E-state index contributed by atoms with van der Waals surface area (Å²) in [7, 11) is 0. The van der Waals surface area contributed by atoms with Gasteiger partial charge in [-0.1, -0.05) is 11.6 Å². The van der Waals surface area contributed by atoms with Gasteiger partial charge >= 0.3 is 0 Å². The fraction of sp³-hybridized carbons (Fsp3) is 0.556. The Bertz CT molecular complexity index is 361. The highest BCUT2D eigenvalue weighted by Crippen LogP contribution is 2.26. The van der Waals surface area contributed by atoms with Gasteiger partial charge in [0.2, 0.25) is 5.28 Å². The lowest BCUT2D eigenvalue weighted by molar-refractivity contribution is 0.0989. The molecule has 1 aromatic rings. The summed E-state index contributed by atoms with van der Waals surface area (Å²) in [6, 6.07) is 0.279. The maximum absolute atomic E-state index is 6.01. The molecule has 1 aromatic heterocycles. The molecule has 0 amide bonds. The molecule has 2 rings (SSSR count). The van der Waals surface area contributed by atoms with Crippen LogP contribution in [0.2, 0.25) is 10.4 Å². The van der Waals surface area contributed by atoms with Crippen LogP contribution in [0, 0.1) is 0 Å². The fourth-order valence-electron chi connectivity index (χ4n) is 1.61. The minimum atomic E-state index is 0.171. The molecule has 2 heterocycles. The minimum Gasteiger partial charge on any atom is -0.377 e. The molecule has 0 spiro atoms. The Morgan fingerprint density at radius 3 is 3.00 bits per heavy atom. The molecule has 0 N–H and O–H groups in total. The van der Waals surface area contributed by atoms with Gasteiger partial charge in [0.05, 0.1) is 25.1 Å². The first-order valence-corrected chi connectivity index (χ1v) is 5.46. The molecule has 15 heavy (non-hydrogen) atoms. The molecule has 0 bridgehead atoms. The highest BCUT2D eigenvalue weighted by Gasteiger charge is 2.22. The van der Waals surface area contributed by atoms with E-state index in [0.29, 0.717) is 18.4 Å². The van der Waals surface area contributed by atoms with Crippen LogP contribution in [0.3, 0.4) is 0 Å². The molecule has 0 aromatic carbocycles. The highest BCUT2D eigenvalue weighted by molar-refractivity contribution is 6.33. The Labute approximate surface area is 98.2 Å². The van der Waals surface area contributed by atoms with Crippen LogP contribution in [-0.2, 0) is 4.74 Å². The zero-order valence-corrected chi connectivity index (χ0v) is 9.79. The van der Waals surface area contributed by atoms with E-state index in [0.717, 1.165) is 12.2 Å². The Morgan fingerprint density at radius 2 is 2.33 bits per heavy atom. The lowest BCUT2D eigenvalue weighted by Crippen LogP contribution is -2.44. The van der Waals surface area contributed by atoms with E-state index < -0.39 is 0 Å². The van der Waals surface area contributed by atoms with E-state index in [1.54, 1.807) is 6.20 Å². The average Bonchev–Trinajstić information content (AvgIpc) is 2.20. The van der Waals surface area contributed by atoms with Gasteiger partial charge in [-0.3, -0.25) is 0 Å². The maximum Gasteiger partial charge on any atom is 0.223 e. The van der Waals surface area contributed by atoms with Crippen LogP contribution < -0.4 is 4.90 Å². The molecule has 1 atom stereocenters. The summed E-state index contributed by atoms with van der Waals surface area (Å²) in [5.74, 6) is 0. The molecule has 6 heteroatoms. The number of aromatic nitrogens is 2. The van der Waals surface area contributed by atoms with Crippen molar-refractivity contribution >= 4 is 28.9 Å². The lowest BCUT2D eigenvalue weighted by Gasteiger charge is -2.35. The molecule has 1 aliphatic rings. The van der Waals surface area contributed by atoms with Crippen LogP contribution in [0.5, 0.6) is 0 Å². The Kier molecular flexibility index (Phi) is 3.29. The first kappa shape index (κ1) is 10.9. The minimum absolute atomic E-state index is 0.171. The van der Waals surface area contributed by atoms with Crippen LogP contribution in [0.25, 0.3) is 0 Å². The summed E-state index contributed by atoms with van der Waals surface area (Å²) in [6.45, 7) is 4.26. The van der Waals surface area contributed by atoms with E-state index in [9.17, 15) is 0 Å². The molecule has 1 fully saturated rings. The first-order chi connectivity index (χ1) is 7.18. The molecular weight excluding hydrogens is 237 g/mol. The number of hydrogen-bond acceptors (Lipinski definition) is 4. The fourth-order valence-corrected chi connectivity index (χ4v) is 2.03. The average molecular weight is 248 g/mol. The number of rotatable bonds is 1. The summed E-state index contributed by atoms with van der Waals surface area (Å²) >= 11 is 11.7. The van der Waals surface area contributed by atoms with Crippen molar-refractivity contribution in [3.8, 4) is 0 Å². The second-order valence-corrected chi connectivity index (χ2v) is 4.13. The van der Waals surface area contributed by atoms with Crippen molar-refractivity contribution in [2.45, 2.75) is 13.0 Å². The Balaban J connectivity index is 2.27. The van der Waals surface area contributed by atoms with Crippen molar-refractivity contribution in [3.63, 3.8) is 0 Å². The third kappa shape index (κ3) is 2.33. The molecule has 1 saturated heterocycles. The molecule has 82 valence electrons. The third-order valence-corrected chi connectivity index (χ3v) is 2.83. The van der Waals surface area contributed by atoms with Gasteiger partial charge in [0.15, 0.2) is 5.15 Å². The van der Waals surface area contributed by atoms with Crippen LogP contribution in [-0.4, -0.2) is 35.8 Å². The lowest BCUT2D eigenvalue weighted by atomic mass is 10.2. The van der Waals surface area contributed by atoms with Gasteiger partial charge in [-0.05, 0) is 18.5 Å². The molecule has 0 saturated carbocycles. The smallest absolute Gasteiger partial charge is 0.223 e. The largest absolute Gasteiger partial charge is 0.377 e. The third-order valence-electron chi connectivity index (χ3n) is 2.37. The van der Waals surface area contributed by atoms with Crippen molar-refractivity contribution in [2.24, 2.45) is 0 Å². The van der Waals surface area contributed by atoms with Crippen LogP contribution in [0.1, 0.15) is 6.92 Å². The van der Waals surface area contributed by atoms with Gasteiger partial charge in [-0.15, -0.1) is 0 Å². The summed E-state index contributed by atoms with van der Waals surface area (Å²) in [6.07, 6.45) is 1.65. The molecule has 0 radical (unpaired) electrons. The van der Waals surface area contributed by atoms with Crippen molar-refractivity contribution in [2.75, 3.05) is 24.7 Å². The van der Waals surface area contributed by atoms with Crippen LogP contribution in [0.15, 0.2) is 6.20 Å². The summed E-state index contributed by atoms with van der Waals surface area (Å²) < 4.78 is 5.35.